The summed E-state index contributed by atoms with van der Waals surface area (Å²) >= 11 is 0. The number of likely N-dealkylation sites (tertiary alicyclic amines) is 1. The highest BCUT2D eigenvalue weighted by Crippen LogP contribution is 2.34. The van der Waals surface area contributed by atoms with Gasteiger partial charge in [0.2, 0.25) is 5.91 Å². The summed E-state index contributed by atoms with van der Waals surface area (Å²) < 4.78 is 16.6. The Morgan fingerprint density at radius 3 is 2.52 bits per heavy atom. The van der Waals surface area contributed by atoms with E-state index in [1.165, 1.54) is 7.11 Å². The lowest BCUT2D eigenvalue weighted by Gasteiger charge is -2.15. The number of carbonyl (C=O) groups excluding carboxylic acids is 2. The Balaban J connectivity index is 1.82. The third-order valence-corrected chi connectivity index (χ3v) is 4.86. The molecule has 1 atom stereocenters. The highest BCUT2D eigenvalue weighted by atomic mass is 16.5. The maximum absolute atomic E-state index is 12.6. The summed E-state index contributed by atoms with van der Waals surface area (Å²) in [6, 6.07) is 9.67. The maximum Gasteiger partial charge on any atom is 0.252 e. The van der Waals surface area contributed by atoms with Crippen LogP contribution in [0.25, 0.3) is 0 Å². The number of hydrogen-bond donors (Lipinski definition) is 2. The predicted octanol–water partition coefficient (Wildman–Crippen LogP) is 1.92. The van der Waals surface area contributed by atoms with Gasteiger partial charge in [-0.25, -0.2) is 0 Å². The van der Waals surface area contributed by atoms with E-state index >= 15 is 0 Å². The van der Waals surface area contributed by atoms with Crippen LogP contribution in [0.3, 0.4) is 0 Å². The molecular weight excluding hydrogens is 374 g/mol. The van der Waals surface area contributed by atoms with Crippen molar-refractivity contribution in [1.82, 2.24) is 10.2 Å². The number of nitrogens with zero attached hydrogens (tertiary/aromatic N) is 1. The number of benzene rings is 2. The highest BCUT2D eigenvalue weighted by molar-refractivity contribution is 5.98. The molecule has 29 heavy (non-hydrogen) atoms. The fraction of sp³-hybridized carbons (Fsp3) is 0.333. The zero-order chi connectivity index (χ0) is 21.0. The first-order valence-electron chi connectivity index (χ1n) is 9.25. The molecular formula is C21H25N3O5. The van der Waals surface area contributed by atoms with Gasteiger partial charge in [-0.15, -0.1) is 0 Å². The molecule has 2 aromatic rings. The number of hydrogen-bond acceptors (Lipinski definition) is 6. The van der Waals surface area contributed by atoms with E-state index in [1.807, 2.05) is 6.07 Å². The Morgan fingerprint density at radius 1 is 1.14 bits per heavy atom. The molecule has 3 N–H and O–H groups in total. The minimum Gasteiger partial charge on any atom is -0.496 e. The van der Waals surface area contributed by atoms with Crippen molar-refractivity contribution in [2.75, 3.05) is 27.8 Å². The van der Waals surface area contributed by atoms with Gasteiger partial charge in [0, 0.05) is 37.3 Å². The summed E-state index contributed by atoms with van der Waals surface area (Å²) in [7, 11) is 4.80. The number of carbonyl (C=O) groups is 2. The van der Waals surface area contributed by atoms with Gasteiger partial charge in [-0.3, -0.25) is 9.59 Å². The van der Waals surface area contributed by atoms with Crippen molar-refractivity contribution in [2.24, 2.45) is 5.73 Å². The lowest BCUT2D eigenvalue weighted by atomic mass is 10.1. The smallest absolute Gasteiger partial charge is 0.252 e. The lowest BCUT2D eigenvalue weighted by Crippen LogP contribution is -2.40. The molecule has 2 amide bonds. The first-order chi connectivity index (χ1) is 14.0. The summed E-state index contributed by atoms with van der Waals surface area (Å²) in [5, 5.41) is 2.78. The molecule has 1 heterocycles. The Hall–Kier alpha value is -3.26. The van der Waals surface area contributed by atoms with Crippen LogP contribution in [-0.2, 0) is 11.3 Å². The van der Waals surface area contributed by atoms with E-state index in [2.05, 4.69) is 5.32 Å². The minimum atomic E-state index is -0.507. The second-order valence-electron chi connectivity index (χ2n) is 6.72. The van der Waals surface area contributed by atoms with Gasteiger partial charge in [-0.1, -0.05) is 6.07 Å². The van der Waals surface area contributed by atoms with Gasteiger partial charge in [-0.2, -0.15) is 0 Å². The molecule has 1 aliphatic rings. The van der Waals surface area contributed by atoms with Crippen LogP contribution < -0.4 is 25.3 Å². The molecule has 0 aliphatic carbocycles. The number of nitrogens with one attached hydrogen (secondary N) is 1. The maximum atomic E-state index is 12.6. The number of amides is 2. The van der Waals surface area contributed by atoms with Crippen molar-refractivity contribution in [3.63, 3.8) is 0 Å². The van der Waals surface area contributed by atoms with Crippen molar-refractivity contribution >= 4 is 11.8 Å². The molecule has 0 saturated carbocycles. The summed E-state index contributed by atoms with van der Waals surface area (Å²) in [6.45, 7) is 0.971. The standard InChI is InChI=1S/C21H25N3O5/c1-24-9-8-16(21(24)26)23-20(25)13-5-7-17(27-2)19(10-13)29-15-6-4-14(12-22)18(11-15)28-3/h4-7,10-11,16H,8-9,12,22H2,1-3H3,(H,23,25). The molecule has 8 nitrogen and oxygen atoms in total. The molecule has 0 aromatic heterocycles. The molecule has 0 spiro atoms. The monoisotopic (exact) mass is 399 g/mol. The summed E-state index contributed by atoms with van der Waals surface area (Å²) in [5.41, 5.74) is 6.92. The van der Waals surface area contributed by atoms with E-state index in [9.17, 15) is 9.59 Å². The lowest BCUT2D eigenvalue weighted by molar-refractivity contribution is -0.128. The van der Waals surface area contributed by atoms with Gasteiger partial charge >= 0.3 is 0 Å². The SMILES string of the molecule is COc1cc(Oc2cc(C(=O)NC3CCN(C)C3=O)ccc2OC)ccc1CN. The fourth-order valence-electron chi connectivity index (χ4n) is 3.18. The third-order valence-electron chi connectivity index (χ3n) is 4.86. The van der Waals surface area contributed by atoms with Gasteiger partial charge in [0.15, 0.2) is 11.5 Å². The van der Waals surface area contributed by atoms with E-state index in [0.29, 0.717) is 48.1 Å². The largest absolute Gasteiger partial charge is 0.496 e. The van der Waals surface area contributed by atoms with Crippen LogP contribution in [0.2, 0.25) is 0 Å². The molecule has 0 bridgehead atoms. The molecule has 1 aliphatic heterocycles. The van der Waals surface area contributed by atoms with Gasteiger partial charge in [0.05, 0.1) is 14.2 Å². The van der Waals surface area contributed by atoms with Crippen LogP contribution in [0.1, 0.15) is 22.3 Å². The topological polar surface area (TPSA) is 103 Å². The average molecular weight is 399 g/mol. The molecule has 2 aromatic carbocycles. The fourth-order valence-corrected chi connectivity index (χ4v) is 3.18. The van der Waals surface area contributed by atoms with Gasteiger partial charge in [0.25, 0.3) is 5.91 Å². The second-order valence-corrected chi connectivity index (χ2v) is 6.72. The first-order valence-corrected chi connectivity index (χ1v) is 9.25. The van der Waals surface area contributed by atoms with E-state index in [-0.39, 0.29) is 11.8 Å². The van der Waals surface area contributed by atoms with Crippen molar-refractivity contribution in [3.05, 3.63) is 47.5 Å². The normalized spacial score (nSPS) is 15.9. The van der Waals surface area contributed by atoms with E-state index in [1.54, 1.807) is 49.4 Å². The van der Waals surface area contributed by atoms with Crippen LogP contribution in [0, 0.1) is 0 Å². The Morgan fingerprint density at radius 2 is 1.90 bits per heavy atom. The average Bonchev–Trinajstić information content (AvgIpc) is 3.05. The Labute approximate surface area is 169 Å². The predicted molar refractivity (Wildman–Crippen MR) is 107 cm³/mol. The zero-order valence-corrected chi connectivity index (χ0v) is 16.7. The molecule has 154 valence electrons. The molecule has 1 unspecified atom stereocenters. The van der Waals surface area contributed by atoms with Crippen LogP contribution in [0.5, 0.6) is 23.0 Å². The molecule has 3 rings (SSSR count). The van der Waals surface area contributed by atoms with Crippen LogP contribution in [0.4, 0.5) is 0 Å². The number of rotatable bonds is 7. The minimum absolute atomic E-state index is 0.0876. The zero-order valence-electron chi connectivity index (χ0n) is 16.7. The van der Waals surface area contributed by atoms with Gasteiger partial charge < -0.3 is 30.2 Å². The van der Waals surface area contributed by atoms with Crippen molar-refractivity contribution in [1.29, 1.82) is 0 Å². The van der Waals surface area contributed by atoms with Crippen molar-refractivity contribution in [2.45, 2.75) is 19.0 Å². The van der Waals surface area contributed by atoms with Crippen molar-refractivity contribution < 1.29 is 23.8 Å². The van der Waals surface area contributed by atoms with Crippen molar-refractivity contribution in [3.8, 4) is 23.0 Å². The number of likely N-dealkylation sites (N-methyl/N-ethyl adjacent to an activating group) is 1. The van der Waals surface area contributed by atoms with Crippen LogP contribution in [-0.4, -0.2) is 50.6 Å². The van der Waals surface area contributed by atoms with E-state index in [4.69, 9.17) is 19.9 Å². The first kappa shape index (κ1) is 20.5. The van der Waals surface area contributed by atoms with E-state index < -0.39 is 6.04 Å². The number of ether oxygens (including phenoxy) is 3. The summed E-state index contributed by atoms with van der Waals surface area (Å²) in [4.78, 5) is 26.3. The van der Waals surface area contributed by atoms with Crippen LogP contribution >= 0.6 is 0 Å². The van der Waals surface area contributed by atoms with Crippen LogP contribution in [0.15, 0.2) is 36.4 Å². The Kier molecular flexibility index (Phi) is 6.23. The molecule has 1 fully saturated rings. The summed E-state index contributed by atoms with van der Waals surface area (Å²) in [5.74, 6) is 1.54. The van der Waals surface area contributed by atoms with Gasteiger partial charge in [0.1, 0.15) is 17.5 Å². The van der Waals surface area contributed by atoms with E-state index in [0.717, 1.165) is 5.56 Å². The third kappa shape index (κ3) is 4.43. The molecule has 0 radical (unpaired) electrons. The number of nitrogens with two attached hydrogens (primary N) is 1. The summed E-state index contributed by atoms with van der Waals surface area (Å²) in [6.07, 6.45) is 0.591. The van der Waals surface area contributed by atoms with Gasteiger partial charge in [-0.05, 0) is 30.7 Å². The second kappa shape index (κ2) is 8.83. The Bertz CT molecular complexity index is 915. The highest BCUT2D eigenvalue weighted by Gasteiger charge is 2.30. The quantitative estimate of drug-likeness (QED) is 0.737. The number of methoxy groups -OCH3 is 2. The molecule has 1 saturated heterocycles. The molecule has 8 heteroatoms.